The molecule has 2 saturated heterocycles. The van der Waals surface area contributed by atoms with E-state index in [0.717, 1.165) is 16.7 Å². The number of nitrogens with zero attached hydrogens (tertiary/aromatic N) is 2. The number of hydrogen-bond acceptors (Lipinski definition) is 6. The molecule has 1 N–H and O–H groups in total. The molecule has 9 rings (SSSR count). The Bertz CT molecular complexity index is 2470. The highest BCUT2D eigenvalue weighted by molar-refractivity contribution is 6.33. The molecule has 0 bridgehead atoms. The van der Waals surface area contributed by atoms with Crippen LogP contribution in [0, 0.1) is 30.6 Å². The van der Waals surface area contributed by atoms with Crippen molar-refractivity contribution in [2.24, 2.45) is 23.7 Å². The second-order valence-electron chi connectivity index (χ2n) is 15.0. The molecule has 0 unspecified atom stereocenters. The van der Waals surface area contributed by atoms with Crippen molar-refractivity contribution in [3.05, 3.63) is 165 Å². The molecule has 2 aliphatic heterocycles. The van der Waals surface area contributed by atoms with Crippen molar-refractivity contribution in [2.75, 3.05) is 9.80 Å². The van der Waals surface area contributed by atoms with Gasteiger partial charge >= 0.3 is 0 Å². The van der Waals surface area contributed by atoms with Crippen LogP contribution in [-0.4, -0.2) is 28.7 Å². The van der Waals surface area contributed by atoms with Gasteiger partial charge in [-0.15, -0.1) is 0 Å². The van der Waals surface area contributed by atoms with Crippen molar-refractivity contribution in [2.45, 2.75) is 37.7 Å². The largest absolute Gasteiger partial charge is 0.508 e. The third-order valence-electron chi connectivity index (χ3n) is 12.1. The maximum absolute atomic E-state index is 15.5. The second-order valence-corrected chi connectivity index (χ2v) is 15.9. The van der Waals surface area contributed by atoms with Gasteiger partial charge in [-0.3, -0.25) is 19.2 Å². The summed E-state index contributed by atoms with van der Waals surface area (Å²) in [4.78, 5) is 61.8. The number of carbonyl (C=O) groups is 4. The van der Waals surface area contributed by atoms with Crippen LogP contribution in [0.2, 0.25) is 10.0 Å². The number of phenolic OH excluding ortho intramolecular Hbond substituents is 1. The molecule has 2 aliphatic carbocycles. The molecular weight excluding hydrogens is 747 g/mol. The fraction of sp³-hybridized carbons (Fsp3) is 0.217. The monoisotopic (exact) mass is 782 g/mol. The Hall–Kier alpha value is -5.70. The van der Waals surface area contributed by atoms with Crippen molar-refractivity contribution in [3.63, 3.8) is 0 Å². The van der Waals surface area contributed by atoms with Crippen LogP contribution in [-0.2, 0) is 31.2 Å². The van der Waals surface area contributed by atoms with Crippen LogP contribution in [0.4, 0.5) is 11.4 Å². The zero-order valence-corrected chi connectivity index (χ0v) is 31.8. The molecule has 0 aromatic heterocycles. The van der Waals surface area contributed by atoms with E-state index in [1.807, 2.05) is 73.7 Å². The van der Waals surface area contributed by atoms with E-state index in [1.54, 1.807) is 54.6 Å². The number of aryl methyl sites for hydroxylation is 1. The third-order valence-corrected chi connectivity index (χ3v) is 12.8. The highest BCUT2D eigenvalue weighted by Crippen LogP contribution is 2.65. The number of benzene rings is 5. The maximum atomic E-state index is 15.5. The summed E-state index contributed by atoms with van der Waals surface area (Å²) < 4.78 is 6.08. The van der Waals surface area contributed by atoms with E-state index in [4.69, 9.17) is 27.9 Å². The summed E-state index contributed by atoms with van der Waals surface area (Å²) in [6, 6.07) is 35.7. The first-order chi connectivity index (χ1) is 27.1. The average molecular weight is 784 g/mol. The zero-order valence-electron chi connectivity index (χ0n) is 30.3. The smallest absolute Gasteiger partial charge is 0.246 e. The van der Waals surface area contributed by atoms with E-state index in [1.165, 1.54) is 15.9 Å². The lowest BCUT2D eigenvalue weighted by molar-refractivity contribution is -0.127. The number of aromatic hydroxyl groups is 1. The van der Waals surface area contributed by atoms with Crippen molar-refractivity contribution < 1.29 is 29.0 Å². The van der Waals surface area contributed by atoms with E-state index in [2.05, 4.69) is 0 Å². The zero-order chi connectivity index (χ0) is 38.9. The van der Waals surface area contributed by atoms with Crippen molar-refractivity contribution in [1.29, 1.82) is 0 Å². The molecule has 10 heteroatoms. The van der Waals surface area contributed by atoms with E-state index in [-0.39, 0.29) is 37.0 Å². The van der Waals surface area contributed by atoms with Gasteiger partial charge in [0.2, 0.25) is 23.6 Å². The molecule has 56 heavy (non-hydrogen) atoms. The van der Waals surface area contributed by atoms with Crippen molar-refractivity contribution >= 4 is 58.2 Å². The Kier molecular flexibility index (Phi) is 8.86. The fourth-order valence-corrected chi connectivity index (χ4v) is 10.0. The predicted octanol–water partition coefficient (Wildman–Crippen LogP) is 8.95. The highest BCUT2D eigenvalue weighted by atomic mass is 35.5. The van der Waals surface area contributed by atoms with Gasteiger partial charge in [-0.05, 0) is 78.8 Å². The number of phenols is 1. The molecule has 4 aliphatic rings. The molecule has 0 radical (unpaired) electrons. The number of carbonyl (C=O) groups excluding carboxylic acids is 4. The Morgan fingerprint density at radius 3 is 2.20 bits per heavy atom. The van der Waals surface area contributed by atoms with Gasteiger partial charge in [0.05, 0.1) is 34.5 Å². The highest BCUT2D eigenvalue weighted by Gasteiger charge is 2.70. The summed E-state index contributed by atoms with van der Waals surface area (Å²) in [5, 5.41) is 12.8. The van der Waals surface area contributed by atoms with Crippen LogP contribution in [0.15, 0.2) is 133 Å². The molecule has 0 spiro atoms. The molecule has 4 amide bonds. The molecule has 6 atom stereocenters. The predicted molar refractivity (Wildman–Crippen MR) is 214 cm³/mol. The number of ether oxygens (including phenoxy) is 1. The molecule has 2 heterocycles. The van der Waals surface area contributed by atoms with Gasteiger partial charge < -0.3 is 9.84 Å². The molecule has 8 nitrogen and oxygen atoms in total. The topological polar surface area (TPSA) is 104 Å². The minimum Gasteiger partial charge on any atom is -0.508 e. The first kappa shape index (κ1) is 36.0. The average Bonchev–Trinajstić information content (AvgIpc) is 3.59. The molecule has 280 valence electrons. The van der Waals surface area contributed by atoms with Crippen LogP contribution in [0.5, 0.6) is 11.5 Å². The van der Waals surface area contributed by atoms with Gasteiger partial charge in [0, 0.05) is 27.6 Å². The number of anilines is 2. The van der Waals surface area contributed by atoms with Crippen LogP contribution in [0.1, 0.15) is 41.0 Å². The first-order valence-corrected chi connectivity index (χ1v) is 19.4. The standard InChI is InChI=1S/C46H36Cl2N2O6/c1-26-15-16-31(22-38(26)48)49-42(52)35-20-19-33-36(40(35)44(49)54)24-37-43(53)50(30-14-8-13-29(47)21-30)45(55)46(37,28-11-6-3-7-12-28)41(33)34-18-17-32(23-39(34)51)56-25-27-9-4-2-5-10-27/h2-19,21-23,35-37,40-41,51H,20,24-25H2,1H3/t35-,36+,37-,40-,41+,46+/m0/s1. The van der Waals surface area contributed by atoms with E-state index in [9.17, 15) is 14.7 Å². The molecule has 1 saturated carbocycles. The summed E-state index contributed by atoms with van der Waals surface area (Å²) in [5.41, 5.74) is 2.70. The van der Waals surface area contributed by atoms with Crippen molar-refractivity contribution in [1.82, 2.24) is 0 Å². The summed E-state index contributed by atoms with van der Waals surface area (Å²) in [6.07, 6.45) is 2.33. The number of allylic oxidation sites excluding steroid dienone is 2. The minimum atomic E-state index is -1.53. The number of hydrogen-bond donors (Lipinski definition) is 1. The normalized spacial score (nSPS) is 25.5. The number of halogens is 2. The lowest BCUT2D eigenvalue weighted by Gasteiger charge is -2.50. The Labute approximate surface area is 333 Å². The van der Waals surface area contributed by atoms with Crippen molar-refractivity contribution in [3.8, 4) is 11.5 Å². The van der Waals surface area contributed by atoms with Crippen LogP contribution in [0.3, 0.4) is 0 Å². The van der Waals surface area contributed by atoms with Crippen LogP contribution >= 0.6 is 23.2 Å². The van der Waals surface area contributed by atoms with Gasteiger partial charge in [0.1, 0.15) is 18.1 Å². The van der Waals surface area contributed by atoms with Gasteiger partial charge in [-0.1, -0.05) is 114 Å². The first-order valence-electron chi connectivity index (χ1n) is 18.6. The van der Waals surface area contributed by atoms with E-state index >= 15 is 9.59 Å². The lowest BCUT2D eigenvalue weighted by Crippen LogP contribution is -2.53. The van der Waals surface area contributed by atoms with Crippen LogP contribution < -0.4 is 14.5 Å². The van der Waals surface area contributed by atoms with E-state index < -0.39 is 46.8 Å². The summed E-state index contributed by atoms with van der Waals surface area (Å²) >= 11 is 12.9. The number of imide groups is 2. The van der Waals surface area contributed by atoms with Gasteiger partial charge in [0.25, 0.3) is 0 Å². The maximum Gasteiger partial charge on any atom is 0.246 e. The lowest BCUT2D eigenvalue weighted by atomic mass is 9.49. The number of rotatable bonds is 7. The second kappa shape index (κ2) is 13.8. The summed E-state index contributed by atoms with van der Waals surface area (Å²) in [6.45, 7) is 2.12. The molecule has 5 aromatic carbocycles. The SMILES string of the molecule is Cc1ccc(N2C(=O)[C@H]3[C@H](CC=C4[C@H]3C[C@H]3C(=O)N(c5cccc(Cl)c5)C(=O)[C@@]3(c3ccccc3)[C@H]4c3ccc(OCc4ccccc4)cc3O)C2=O)cc1Cl. The Balaban J connectivity index is 1.22. The summed E-state index contributed by atoms with van der Waals surface area (Å²) in [5.74, 6) is -5.26. The van der Waals surface area contributed by atoms with Crippen LogP contribution in [0.25, 0.3) is 0 Å². The minimum absolute atomic E-state index is 0.121. The van der Waals surface area contributed by atoms with Gasteiger partial charge in [-0.2, -0.15) is 0 Å². The Morgan fingerprint density at radius 2 is 1.48 bits per heavy atom. The Morgan fingerprint density at radius 1 is 0.750 bits per heavy atom. The number of amides is 4. The molecular formula is C46H36Cl2N2O6. The van der Waals surface area contributed by atoms with Gasteiger partial charge in [0.15, 0.2) is 0 Å². The quantitative estimate of drug-likeness (QED) is 0.131. The van der Waals surface area contributed by atoms with E-state index in [0.29, 0.717) is 38.3 Å². The third kappa shape index (κ3) is 5.49. The molecule has 3 fully saturated rings. The molecule has 5 aromatic rings. The number of fused-ring (bicyclic) bond motifs is 4. The van der Waals surface area contributed by atoms with Gasteiger partial charge in [-0.25, -0.2) is 9.80 Å². The summed E-state index contributed by atoms with van der Waals surface area (Å²) in [7, 11) is 0. The fourth-order valence-electron chi connectivity index (χ4n) is 9.66.